The Morgan fingerprint density at radius 3 is 3.00 bits per heavy atom. The van der Waals surface area contributed by atoms with Crippen LogP contribution in [0.4, 0.5) is 0 Å². The third kappa shape index (κ3) is 3.35. The summed E-state index contributed by atoms with van der Waals surface area (Å²) >= 11 is 0. The topological polar surface area (TPSA) is 84.8 Å². The van der Waals surface area contributed by atoms with Crippen LogP contribution < -0.4 is 5.32 Å². The van der Waals surface area contributed by atoms with E-state index in [1.54, 1.807) is 12.4 Å². The van der Waals surface area contributed by atoms with Gasteiger partial charge in [0, 0.05) is 50.4 Å². The van der Waals surface area contributed by atoms with Gasteiger partial charge in [-0.15, -0.1) is 0 Å². The largest absolute Gasteiger partial charge is 0.381 e. The maximum Gasteiger partial charge on any atom is 0.225 e. The fraction of sp³-hybridized carbons (Fsp3) is 0.421. The number of amides is 1. The van der Waals surface area contributed by atoms with Gasteiger partial charge < -0.3 is 19.6 Å². The van der Waals surface area contributed by atoms with Crippen LogP contribution >= 0.6 is 0 Å². The highest BCUT2D eigenvalue weighted by molar-refractivity contribution is 5.87. The summed E-state index contributed by atoms with van der Waals surface area (Å²) < 4.78 is 7.47. The number of H-pyrrole nitrogens is 1. The van der Waals surface area contributed by atoms with Crippen LogP contribution in [0, 0.1) is 5.92 Å². The second kappa shape index (κ2) is 7.29. The lowest BCUT2D eigenvalue weighted by Crippen LogP contribution is -2.38. The van der Waals surface area contributed by atoms with Crippen molar-refractivity contribution in [2.45, 2.75) is 25.3 Å². The minimum absolute atomic E-state index is 0.00533. The molecule has 0 saturated carbocycles. The monoisotopic (exact) mass is 353 g/mol. The molecule has 1 aliphatic rings. The maximum absolute atomic E-state index is 12.8. The molecule has 1 amide bonds. The van der Waals surface area contributed by atoms with E-state index in [4.69, 9.17) is 4.74 Å². The average Bonchev–Trinajstić information content (AvgIpc) is 3.27. The van der Waals surface area contributed by atoms with Gasteiger partial charge in [-0.1, -0.05) is 0 Å². The van der Waals surface area contributed by atoms with Crippen LogP contribution in [0.15, 0.2) is 36.9 Å². The Morgan fingerprint density at radius 2 is 2.23 bits per heavy atom. The van der Waals surface area contributed by atoms with Gasteiger partial charge in [0.2, 0.25) is 5.91 Å². The highest BCUT2D eigenvalue weighted by Crippen LogP contribution is 2.29. The standard InChI is InChI=1S/C19H23N5O2/c1-24-8-7-21-19(24)17(13-4-9-26-10-5-13)23-16(25)11-14-12-22-18-15(14)3-2-6-20-18/h2-3,6-8,12-13,17H,4-5,9-11H2,1H3,(H,20,22)(H,23,25). The summed E-state index contributed by atoms with van der Waals surface area (Å²) in [7, 11) is 1.96. The third-order valence-electron chi connectivity index (χ3n) is 5.08. The zero-order valence-corrected chi connectivity index (χ0v) is 14.8. The number of carbonyl (C=O) groups excluding carboxylic acids is 1. The predicted octanol–water partition coefficient (Wildman–Crippen LogP) is 2.12. The Hall–Kier alpha value is -2.67. The van der Waals surface area contributed by atoms with Crippen molar-refractivity contribution in [1.29, 1.82) is 0 Å². The molecule has 1 atom stereocenters. The van der Waals surface area contributed by atoms with Gasteiger partial charge in [-0.3, -0.25) is 4.79 Å². The molecule has 3 aromatic rings. The zero-order chi connectivity index (χ0) is 17.9. The molecule has 4 heterocycles. The van der Waals surface area contributed by atoms with Crippen molar-refractivity contribution >= 4 is 16.9 Å². The second-order valence-corrected chi connectivity index (χ2v) is 6.78. The summed E-state index contributed by atoms with van der Waals surface area (Å²) in [6, 6.07) is 3.77. The van der Waals surface area contributed by atoms with Crippen molar-refractivity contribution in [2.75, 3.05) is 13.2 Å². The van der Waals surface area contributed by atoms with E-state index in [0.29, 0.717) is 12.3 Å². The van der Waals surface area contributed by atoms with E-state index in [-0.39, 0.29) is 11.9 Å². The van der Waals surface area contributed by atoms with Gasteiger partial charge in [-0.25, -0.2) is 9.97 Å². The Kier molecular flexibility index (Phi) is 4.71. The van der Waals surface area contributed by atoms with Crippen molar-refractivity contribution in [3.05, 3.63) is 48.3 Å². The fourth-order valence-electron chi connectivity index (χ4n) is 3.68. The normalized spacial score (nSPS) is 16.7. The van der Waals surface area contributed by atoms with E-state index in [1.165, 1.54) is 0 Å². The Morgan fingerprint density at radius 1 is 1.38 bits per heavy atom. The summed E-state index contributed by atoms with van der Waals surface area (Å²) in [5.74, 6) is 1.22. The molecule has 4 rings (SSSR count). The number of nitrogens with zero attached hydrogens (tertiary/aromatic N) is 3. The molecule has 0 spiro atoms. The molecule has 3 aromatic heterocycles. The molecule has 1 fully saturated rings. The van der Waals surface area contributed by atoms with Crippen molar-refractivity contribution in [2.24, 2.45) is 13.0 Å². The minimum atomic E-state index is -0.102. The van der Waals surface area contributed by atoms with Crippen molar-refractivity contribution < 1.29 is 9.53 Å². The van der Waals surface area contributed by atoms with Crippen LogP contribution in [0.2, 0.25) is 0 Å². The molecule has 0 bridgehead atoms. The van der Waals surface area contributed by atoms with Gasteiger partial charge in [0.15, 0.2) is 0 Å². The first-order valence-electron chi connectivity index (χ1n) is 8.97. The van der Waals surface area contributed by atoms with Gasteiger partial charge >= 0.3 is 0 Å². The Labute approximate surface area is 151 Å². The van der Waals surface area contributed by atoms with Crippen molar-refractivity contribution in [3.63, 3.8) is 0 Å². The number of imidazole rings is 1. The van der Waals surface area contributed by atoms with Crippen LogP contribution in [0.1, 0.15) is 30.3 Å². The lowest BCUT2D eigenvalue weighted by molar-refractivity contribution is -0.122. The molecule has 0 aliphatic carbocycles. The molecular formula is C19H23N5O2. The van der Waals surface area contributed by atoms with E-state index in [9.17, 15) is 4.79 Å². The number of ether oxygens (including phenoxy) is 1. The average molecular weight is 353 g/mol. The lowest BCUT2D eigenvalue weighted by Gasteiger charge is -2.30. The summed E-state index contributed by atoms with van der Waals surface area (Å²) in [6.45, 7) is 1.46. The first-order valence-corrected chi connectivity index (χ1v) is 8.97. The third-order valence-corrected chi connectivity index (χ3v) is 5.08. The summed E-state index contributed by atoms with van der Waals surface area (Å²) in [5.41, 5.74) is 1.76. The predicted molar refractivity (Wildman–Crippen MR) is 97.4 cm³/mol. The number of aromatic amines is 1. The highest BCUT2D eigenvalue weighted by Gasteiger charge is 2.29. The molecule has 26 heavy (non-hydrogen) atoms. The van der Waals surface area contributed by atoms with Gasteiger partial charge in [-0.2, -0.15) is 0 Å². The van der Waals surface area contributed by atoms with E-state index in [0.717, 1.165) is 48.5 Å². The number of hydrogen-bond donors (Lipinski definition) is 2. The number of nitrogens with one attached hydrogen (secondary N) is 2. The van der Waals surface area contributed by atoms with Gasteiger partial charge in [-0.05, 0) is 36.5 Å². The quantitative estimate of drug-likeness (QED) is 0.736. The number of hydrogen-bond acceptors (Lipinski definition) is 4. The number of fused-ring (bicyclic) bond motifs is 1. The zero-order valence-electron chi connectivity index (χ0n) is 14.8. The SMILES string of the molecule is Cn1ccnc1C(NC(=O)Cc1c[nH]c2ncccc12)C1CCOCC1. The first-order chi connectivity index (χ1) is 12.7. The van der Waals surface area contributed by atoms with E-state index >= 15 is 0 Å². The van der Waals surface area contributed by atoms with Crippen LogP contribution in [0.3, 0.4) is 0 Å². The number of aromatic nitrogens is 4. The highest BCUT2D eigenvalue weighted by atomic mass is 16.5. The molecule has 136 valence electrons. The van der Waals surface area contributed by atoms with Crippen molar-refractivity contribution in [3.8, 4) is 0 Å². The molecule has 2 N–H and O–H groups in total. The lowest BCUT2D eigenvalue weighted by atomic mass is 9.91. The van der Waals surface area contributed by atoms with Crippen molar-refractivity contribution in [1.82, 2.24) is 24.8 Å². The number of aryl methyl sites for hydroxylation is 1. The molecule has 1 unspecified atom stereocenters. The Bertz CT molecular complexity index is 894. The summed E-state index contributed by atoms with van der Waals surface area (Å²) in [4.78, 5) is 24.7. The molecule has 7 heteroatoms. The van der Waals surface area contributed by atoms with Gasteiger partial charge in [0.05, 0.1) is 12.5 Å². The van der Waals surface area contributed by atoms with E-state index < -0.39 is 0 Å². The van der Waals surface area contributed by atoms with Crippen LogP contribution in [0.25, 0.3) is 11.0 Å². The molecule has 1 saturated heterocycles. The summed E-state index contributed by atoms with van der Waals surface area (Å²) in [5, 5.41) is 4.21. The first kappa shape index (κ1) is 16.8. The van der Waals surface area contributed by atoms with Crippen LogP contribution in [-0.2, 0) is 23.0 Å². The molecular weight excluding hydrogens is 330 g/mol. The smallest absolute Gasteiger partial charge is 0.225 e. The number of carbonyl (C=O) groups is 1. The minimum Gasteiger partial charge on any atom is -0.381 e. The van der Waals surface area contributed by atoms with Gasteiger partial charge in [0.25, 0.3) is 0 Å². The van der Waals surface area contributed by atoms with E-state index in [1.807, 2.05) is 36.1 Å². The summed E-state index contributed by atoms with van der Waals surface area (Å²) in [6.07, 6.45) is 9.46. The maximum atomic E-state index is 12.8. The molecule has 0 aromatic carbocycles. The number of pyridine rings is 1. The number of rotatable bonds is 5. The van der Waals surface area contributed by atoms with Crippen LogP contribution in [0.5, 0.6) is 0 Å². The van der Waals surface area contributed by atoms with Crippen LogP contribution in [-0.4, -0.2) is 38.6 Å². The molecule has 7 nitrogen and oxygen atoms in total. The second-order valence-electron chi connectivity index (χ2n) is 6.78. The Balaban J connectivity index is 1.53. The van der Waals surface area contributed by atoms with Gasteiger partial charge in [0.1, 0.15) is 11.5 Å². The van der Waals surface area contributed by atoms with E-state index in [2.05, 4.69) is 20.3 Å². The molecule has 0 radical (unpaired) electrons. The fourth-order valence-corrected chi connectivity index (χ4v) is 3.68. The molecule has 1 aliphatic heterocycles.